The van der Waals surface area contributed by atoms with Crippen LogP contribution in [-0.4, -0.2) is 35.1 Å². The number of carbonyl (C=O) groups excluding carboxylic acids is 3. The molecule has 3 N–H and O–H groups in total. The van der Waals surface area contributed by atoms with Gasteiger partial charge in [0.05, 0.1) is 0 Å². The van der Waals surface area contributed by atoms with Crippen LogP contribution in [0.5, 0.6) is 0 Å². The number of fused-ring (bicyclic) bond motifs is 1. The molecule has 8 heteroatoms. The molecule has 0 spiro atoms. The average Bonchev–Trinajstić information content (AvgIpc) is 2.64. The highest BCUT2D eigenvalue weighted by atomic mass is 19.1. The zero-order chi connectivity index (χ0) is 21.1. The van der Waals surface area contributed by atoms with Gasteiger partial charge >= 0.3 is 6.09 Å². The van der Waals surface area contributed by atoms with Crippen LogP contribution in [0.1, 0.15) is 53.0 Å². The van der Waals surface area contributed by atoms with Crippen LogP contribution < -0.4 is 16.0 Å². The molecule has 2 rings (SSSR count). The van der Waals surface area contributed by atoms with Crippen molar-refractivity contribution in [3.05, 3.63) is 29.6 Å². The van der Waals surface area contributed by atoms with Gasteiger partial charge in [0.2, 0.25) is 11.8 Å². The summed E-state index contributed by atoms with van der Waals surface area (Å²) in [6.45, 7) is 8.62. The molecule has 1 aliphatic rings. The largest absolute Gasteiger partial charge is 0.444 e. The van der Waals surface area contributed by atoms with E-state index in [4.69, 9.17) is 4.74 Å². The lowest BCUT2D eigenvalue weighted by Crippen LogP contribution is -2.51. The first-order valence-corrected chi connectivity index (χ1v) is 9.25. The number of benzene rings is 1. The molecule has 0 saturated heterocycles. The number of carbonyl (C=O) groups is 3. The lowest BCUT2D eigenvalue weighted by Gasteiger charge is -2.28. The molecule has 0 fully saturated rings. The van der Waals surface area contributed by atoms with Gasteiger partial charge in [0.1, 0.15) is 17.5 Å². The Kier molecular flexibility index (Phi) is 6.31. The minimum Gasteiger partial charge on any atom is -0.444 e. The fourth-order valence-electron chi connectivity index (χ4n) is 2.98. The number of nitrogens with one attached hydrogen (secondary N) is 3. The summed E-state index contributed by atoms with van der Waals surface area (Å²) in [5, 5.41) is 7.99. The first-order valence-electron chi connectivity index (χ1n) is 9.25. The Morgan fingerprint density at radius 2 is 1.93 bits per heavy atom. The molecule has 1 atom stereocenters. The quantitative estimate of drug-likeness (QED) is 0.733. The van der Waals surface area contributed by atoms with Crippen LogP contribution in [-0.2, 0) is 20.7 Å². The summed E-state index contributed by atoms with van der Waals surface area (Å²) in [7, 11) is 0. The minimum atomic E-state index is -0.872. The monoisotopic (exact) mass is 393 g/mol. The van der Waals surface area contributed by atoms with E-state index in [1.165, 1.54) is 12.1 Å². The molecule has 7 nitrogen and oxygen atoms in total. The Bertz CT molecular complexity index is 771. The summed E-state index contributed by atoms with van der Waals surface area (Å²) < 4.78 is 19.1. The van der Waals surface area contributed by atoms with E-state index >= 15 is 0 Å². The summed E-state index contributed by atoms with van der Waals surface area (Å²) >= 11 is 0. The Morgan fingerprint density at radius 3 is 2.57 bits per heavy atom. The van der Waals surface area contributed by atoms with Gasteiger partial charge in [0.15, 0.2) is 0 Å². The predicted molar refractivity (Wildman–Crippen MR) is 103 cm³/mol. The second kappa shape index (κ2) is 8.16. The molecule has 0 bridgehead atoms. The normalized spacial score (nSPS) is 17.1. The van der Waals surface area contributed by atoms with E-state index in [1.807, 2.05) is 0 Å². The zero-order valence-electron chi connectivity index (χ0n) is 16.9. The molecule has 1 unspecified atom stereocenters. The molecule has 28 heavy (non-hydrogen) atoms. The molecular weight excluding hydrogens is 365 g/mol. The maximum Gasteiger partial charge on any atom is 0.408 e. The van der Waals surface area contributed by atoms with Crippen molar-refractivity contribution in [2.24, 2.45) is 0 Å². The van der Waals surface area contributed by atoms with Gasteiger partial charge in [-0.2, -0.15) is 0 Å². The van der Waals surface area contributed by atoms with Crippen molar-refractivity contribution in [1.29, 1.82) is 0 Å². The first-order chi connectivity index (χ1) is 12.9. The number of halogens is 1. The van der Waals surface area contributed by atoms with Crippen molar-refractivity contribution >= 4 is 23.6 Å². The van der Waals surface area contributed by atoms with Crippen molar-refractivity contribution in [3.8, 4) is 0 Å². The van der Waals surface area contributed by atoms with Crippen molar-refractivity contribution in [2.75, 3.05) is 5.32 Å². The lowest BCUT2D eigenvalue weighted by molar-refractivity contribution is -0.127. The Hall–Kier alpha value is -2.64. The van der Waals surface area contributed by atoms with E-state index < -0.39 is 35.1 Å². The number of anilines is 1. The van der Waals surface area contributed by atoms with Gasteiger partial charge in [-0.15, -0.1) is 0 Å². The van der Waals surface area contributed by atoms with E-state index in [9.17, 15) is 18.8 Å². The predicted octanol–water partition coefficient (Wildman–Crippen LogP) is 2.89. The first kappa shape index (κ1) is 21.7. The SMILES string of the molecule is CC(C)(CC(=O)NC1CCc2c(F)cccc2NC1=O)NC(=O)OC(C)(C)C. The van der Waals surface area contributed by atoms with Gasteiger partial charge in [-0.25, -0.2) is 9.18 Å². The molecule has 0 saturated carbocycles. The van der Waals surface area contributed by atoms with Gasteiger partial charge in [-0.05, 0) is 59.6 Å². The van der Waals surface area contributed by atoms with Crippen LogP contribution in [0.4, 0.5) is 14.9 Å². The molecule has 0 aliphatic carbocycles. The average molecular weight is 393 g/mol. The molecule has 1 heterocycles. The van der Waals surface area contributed by atoms with Crippen LogP contribution in [0, 0.1) is 5.82 Å². The zero-order valence-corrected chi connectivity index (χ0v) is 16.9. The van der Waals surface area contributed by atoms with Crippen LogP contribution in [0.15, 0.2) is 18.2 Å². The highest BCUT2D eigenvalue weighted by Crippen LogP contribution is 2.24. The summed E-state index contributed by atoms with van der Waals surface area (Å²) in [6, 6.07) is 3.72. The third-order valence-electron chi connectivity index (χ3n) is 4.15. The number of rotatable bonds is 4. The summed E-state index contributed by atoms with van der Waals surface area (Å²) in [5.41, 5.74) is -0.665. The van der Waals surface area contributed by atoms with Gasteiger partial charge in [0.25, 0.3) is 0 Å². The maximum absolute atomic E-state index is 13.9. The Balaban J connectivity index is 1.94. The number of ether oxygens (including phenoxy) is 1. The van der Waals surface area contributed by atoms with Crippen molar-refractivity contribution in [3.63, 3.8) is 0 Å². The third kappa shape index (κ3) is 6.21. The molecule has 3 amide bonds. The Morgan fingerprint density at radius 1 is 1.25 bits per heavy atom. The van der Waals surface area contributed by atoms with Crippen molar-refractivity contribution in [2.45, 2.75) is 71.1 Å². The topological polar surface area (TPSA) is 96.5 Å². The lowest BCUT2D eigenvalue weighted by atomic mass is 9.99. The molecule has 0 radical (unpaired) electrons. The van der Waals surface area contributed by atoms with Gasteiger partial charge in [0, 0.05) is 23.2 Å². The standard InChI is InChI=1S/C20H28FN3O4/c1-19(2,3)28-18(27)24-20(4,5)11-16(25)22-15-10-9-12-13(21)7-6-8-14(12)23-17(15)26/h6-8,15H,9-11H2,1-5H3,(H,22,25)(H,23,26)(H,24,27). The van der Waals surface area contributed by atoms with E-state index in [0.29, 0.717) is 17.7 Å². The van der Waals surface area contributed by atoms with Crippen molar-refractivity contribution < 1.29 is 23.5 Å². The highest BCUT2D eigenvalue weighted by Gasteiger charge is 2.30. The van der Waals surface area contributed by atoms with Gasteiger partial charge < -0.3 is 20.7 Å². The third-order valence-corrected chi connectivity index (χ3v) is 4.15. The minimum absolute atomic E-state index is 0.0443. The number of hydrogen-bond acceptors (Lipinski definition) is 4. The van der Waals surface area contributed by atoms with E-state index in [1.54, 1.807) is 40.7 Å². The molecular formula is C20H28FN3O4. The number of alkyl carbamates (subject to hydrolysis) is 1. The van der Waals surface area contributed by atoms with Crippen LogP contribution in [0.25, 0.3) is 0 Å². The van der Waals surface area contributed by atoms with Crippen molar-refractivity contribution in [1.82, 2.24) is 10.6 Å². The van der Waals surface area contributed by atoms with Crippen LogP contribution >= 0.6 is 0 Å². The van der Waals surface area contributed by atoms with E-state index in [-0.39, 0.29) is 18.7 Å². The number of amides is 3. The smallest absolute Gasteiger partial charge is 0.408 e. The fourth-order valence-corrected chi connectivity index (χ4v) is 2.98. The maximum atomic E-state index is 13.9. The molecule has 154 valence electrons. The van der Waals surface area contributed by atoms with E-state index in [2.05, 4.69) is 16.0 Å². The second-order valence-corrected chi connectivity index (χ2v) is 8.60. The summed E-state index contributed by atoms with van der Waals surface area (Å²) in [4.78, 5) is 36.8. The van der Waals surface area contributed by atoms with E-state index in [0.717, 1.165) is 0 Å². The van der Waals surface area contributed by atoms with Crippen LogP contribution in [0.2, 0.25) is 0 Å². The summed E-state index contributed by atoms with van der Waals surface area (Å²) in [5.74, 6) is -1.17. The second-order valence-electron chi connectivity index (χ2n) is 8.60. The molecule has 1 aromatic rings. The Labute approximate surface area is 164 Å². The molecule has 1 aromatic carbocycles. The highest BCUT2D eigenvalue weighted by molar-refractivity contribution is 5.98. The molecule has 0 aromatic heterocycles. The van der Waals surface area contributed by atoms with Crippen LogP contribution in [0.3, 0.4) is 0 Å². The van der Waals surface area contributed by atoms with Gasteiger partial charge in [-0.3, -0.25) is 9.59 Å². The molecule has 1 aliphatic heterocycles. The van der Waals surface area contributed by atoms with Gasteiger partial charge in [-0.1, -0.05) is 6.07 Å². The fraction of sp³-hybridized carbons (Fsp3) is 0.550. The summed E-state index contributed by atoms with van der Waals surface area (Å²) in [6.07, 6.45) is -0.0583. The number of hydrogen-bond donors (Lipinski definition) is 3.